The van der Waals surface area contributed by atoms with Crippen LogP contribution in [0.2, 0.25) is 0 Å². The van der Waals surface area contributed by atoms with E-state index in [-0.39, 0.29) is 17.4 Å². The van der Waals surface area contributed by atoms with Crippen molar-refractivity contribution < 1.29 is 19.4 Å². The molecule has 0 amide bonds. The van der Waals surface area contributed by atoms with Crippen LogP contribution in [0.5, 0.6) is 11.5 Å². The Morgan fingerprint density at radius 1 is 1.33 bits per heavy atom. The number of aromatic carboxylic acids is 1. The lowest BCUT2D eigenvalue weighted by molar-refractivity contribution is 0.0699. The van der Waals surface area contributed by atoms with Gasteiger partial charge in [-0.3, -0.25) is 0 Å². The second kappa shape index (κ2) is 6.58. The fourth-order valence-corrected chi connectivity index (χ4v) is 2.68. The summed E-state index contributed by atoms with van der Waals surface area (Å²) in [6.07, 6.45) is 0. The summed E-state index contributed by atoms with van der Waals surface area (Å²) in [6.45, 7) is 4.07. The minimum Gasteiger partial charge on any atom is -0.493 e. The van der Waals surface area contributed by atoms with Crippen molar-refractivity contribution in [3.63, 3.8) is 0 Å². The molecule has 1 N–H and O–H groups in total. The van der Waals surface area contributed by atoms with Crippen molar-refractivity contribution in [1.29, 1.82) is 0 Å². The molecule has 1 aromatic heterocycles. The number of benzene rings is 1. The summed E-state index contributed by atoms with van der Waals surface area (Å²) >= 11 is 1.20. The first-order chi connectivity index (χ1) is 10.0. The van der Waals surface area contributed by atoms with Crippen LogP contribution in [0, 0.1) is 0 Å². The predicted molar refractivity (Wildman–Crippen MR) is 80.5 cm³/mol. The van der Waals surface area contributed by atoms with Gasteiger partial charge in [-0.1, -0.05) is 26.0 Å². The van der Waals surface area contributed by atoms with E-state index in [1.54, 1.807) is 19.2 Å². The predicted octanol–water partition coefficient (Wildman–Crippen LogP) is 3.55. The van der Waals surface area contributed by atoms with Crippen LogP contribution in [0.1, 0.15) is 40.1 Å². The molecule has 112 valence electrons. The van der Waals surface area contributed by atoms with Crippen molar-refractivity contribution in [1.82, 2.24) is 4.98 Å². The van der Waals surface area contributed by atoms with Crippen LogP contribution in [-0.2, 0) is 6.61 Å². The highest BCUT2D eigenvalue weighted by Gasteiger charge is 2.19. The largest absolute Gasteiger partial charge is 0.493 e. The van der Waals surface area contributed by atoms with Gasteiger partial charge in [0.1, 0.15) is 17.2 Å². The molecule has 6 heteroatoms. The summed E-state index contributed by atoms with van der Waals surface area (Å²) in [5, 5.41) is 10.0. The minimum absolute atomic E-state index is 0.102. The number of carboxylic acids is 1. The molecule has 0 radical (unpaired) electrons. The zero-order valence-corrected chi connectivity index (χ0v) is 12.9. The lowest BCUT2D eigenvalue weighted by atomic mass is 10.2. The molecule has 1 heterocycles. The maximum atomic E-state index is 11.3. The molecule has 0 bridgehead atoms. The molecule has 0 aliphatic heterocycles. The fraction of sp³-hybridized carbons (Fsp3) is 0.333. The molecule has 0 aliphatic carbocycles. The van der Waals surface area contributed by atoms with Gasteiger partial charge in [-0.15, -0.1) is 11.3 Å². The number of ether oxygens (including phenoxy) is 2. The molecule has 0 atom stereocenters. The number of nitrogens with zero attached hydrogens (tertiary/aromatic N) is 1. The molecule has 2 aromatic rings. The Morgan fingerprint density at radius 2 is 2.00 bits per heavy atom. The molecule has 21 heavy (non-hydrogen) atoms. The molecular formula is C15H17NO4S. The van der Waals surface area contributed by atoms with Crippen molar-refractivity contribution in [3.8, 4) is 11.5 Å². The van der Waals surface area contributed by atoms with E-state index in [4.69, 9.17) is 9.47 Å². The number of aromatic nitrogens is 1. The van der Waals surface area contributed by atoms with Crippen LogP contribution in [0.25, 0.3) is 0 Å². The van der Waals surface area contributed by atoms with Gasteiger partial charge >= 0.3 is 5.97 Å². The molecule has 2 rings (SSSR count). The van der Waals surface area contributed by atoms with Crippen LogP contribution in [-0.4, -0.2) is 23.2 Å². The van der Waals surface area contributed by atoms with Crippen molar-refractivity contribution in [2.45, 2.75) is 26.4 Å². The highest BCUT2D eigenvalue weighted by Crippen LogP contribution is 2.29. The lowest BCUT2D eigenvalue weighted by Gasteiger charge is -2.09. The van der Waals surface area contributed by atoms with Crippen LogP contribution in [0.15, 0.2) is 24.3 Å². The monoisotopic (exact) mass is 307 g/mol. The Hall–Kier alpha value is -2.08. The third kappa shape index (κ3) is 3.52. The van der Waals surface area contributed by atoms with Crippen LogP contribution < -0.4 is 9.47 Å². The minimum atomic E-state index is -0.974. The highest BCUT2D eigenvalue weighted by atomic mass is 32.1. The maximum Gasteiger partial charge on any atom is 0.347 e. The van der Waals surface area contributed by atoms with Crippen molar-refractivity contribution in [2.75, 3.05) is 7.11 Å². The standard InChI is InChI=1S/C15H17NO4S/c1-9(2)14-16-10(13(21-14)15(17)18)8-20-12-7-5-4-6-11(12)19-3/h4-7,9H,8H2,1-3H3,(H,17,18). The topological polar surface area (TPSA) is 68.7 Å². The van der Waals surface area contributed by atoms with Gasteiger partial charge < -0.3 is 14.6 Å². The average Bonchev–Trinajstić information content (AvgIpc) is 2.90. The van der Waals surface area contributed by atoms with Gasteiger partial charge in [0.2, 0.25) is 0 Å². The van der Waals surface area contributed by atoms with Gasteiger partial charge in [-0.05, 0) is 12.1 Å². The summed E-state index contributed by atoms with van der Waals surface area (Å²) in [5.74, 6) is 0.385. The van der Waals surface area contributed by atoms with Gasteiger partial charge in [0.05, 0.1) is 12.1 Å². The van der Waals surface area contributed by atoms with Gasteiger partial charge in [0.15, 0.2) is 11.5 Å². The van der Waals surface area contributed by atoms with Crippen molar-refractivity contribution in [2.24, 2.45) is 0 Å². The summed E-state index contributed by atoms with van der Waals surface area (Å²) in [5.41, 5.74) is 0.446. The van der Waals surface area contributed by atoms with E-state index in [1.165, 1.54) is 11.3 Å². The molecule has 0 saturated carbocycles. The van der Waals surface area contributed by atoms with Gasteiger partial charge in [0, 0.05) is 5.92 Å². The second-order valence-corrected chi connectivity index (χ2v) is 5.76. The molecule has 0 fully saturated rings. The Labute approximate surface area is 127 Å². The quantitative estimate of drug-likeness (QED) is 0.884. The maximum absolute atomic E-state index is 11.3. The second-order valence-electron chi connectivity index (χ2n) is 4.73. The number of rotatable bonds is 6. The van der Waals surface area contributed by atoms with Crippen LogP contribution in [0.4, 0.5) is 0 Å². The molecule has 0 saturated heterocycles. The van der Waals surface area contributed by atoms with Crippen LogP contribution >= 0.6 is 11.3 Å². The van der Waals surface area contributed by atoms with E-state index in [9.17, 15) is 9.90 Å². The van der Waals surface area contributed by atoms with E-state index in [0.717, 1.165) is 5.01 Å². The number of hydrogen-bond acceptors (Lipinski definition) is 5. The summed E-state index contributed by atoms with van der Waals surface area (Å²) < 4.78 is 10.8. The SMILES string of the molecule is COc1ccccc1OCc1nc(C(C)C)sc1C(=O)O. The normalized spacial score (nSPS) is 10.7. The fourth-order valence-electron chi connectivity index (χ4n) is 1.77. The van der Waals surface area contributed by atoms with E-state index >= 15 is 0 Å². The molecule has 0 spiro atoms. The summed E-state index contributed by atoms with van der Waals surface area (Å²) in [7, 11) is 1.56. The van der Waals surface area contributed by atoms with E-state index in [2.05, 4.69) is 4.98 Å². The van der Waals surface area contributed by atoms with Crippen LogP contribution in [0.3, 0.4) is 0 Å². The first-order valence-corrected chi connectivity index (χ1v) is 7.33. The summed E-state index contributed by atoms with van der Waals surface area (Å²) in [4.78, 5) is 15.9. The van der Waals surface area contributed by atoms with Gasteiger partial charge in [-0.2, -0.15) is 0 Å². The molecule has 1 aromatic carbocycles. The first-order valence-electron chi connectivity index (χ1n) is 6.51. The van der Waals surface area contributed by atoms with Gasteiger partial charge in [-0.25, -0.2) is 9.78 Å². The summed E-state index contributed by atoms with van der Waals surface area (Å²) in [6, 6.07) is 7.23. The van der Waals surface area contributed by atoms with Gasteiger partial charge in [0.25, 0.3) is 0 Å². The lowest BCUT2D eigenvalue weighted by Crippen LogP contribution is -2.04. The van der Waals surface area contributed by atoms with E-state index in [0.29, 0.717) is 17.2 Å². The Morgan fingerprint density at radius 3 is 2.57 bits per heavy atom. The third-order valence-corrected chi connectivity index (χ3v) is 4.22. The number of hydrogen-bond donors (Lipinski definition) is 1. The Balaban J connectivity index is 2.21. The Kier molecular flexibility index (Phi) is 4.80. The van der Waals surface area contributed by atoms with E-state index in [1.807, 2.05) is 26.0 Å². The first kappa shape index (κ1) is 15.3. The molecule has 5 nitrogen and oxygen atoms in total. The molecular weight excluding hydrogens is 290 g/mol. The number of methoxy groups -OCH3 is 1. The molecule has 0 aliphatic rings. The molecule has 0 unspecified atom stereocenters. The van der Waals surface area contributed by atoms with Crippen molar-refractivity contribution >= 4 is 17.3 Å². The zero-order chi connectivity index (χ0) is 15.4. The number of carbonyl (C=O) groups is 1. The number of carboxylic acid groups (broad SMARTS) is 1. The number of para-hydroxylation sites is 2. The highest BCUT2D eigenvalue weighted by molar-refractivity contribution is 7.13. The third-order valence-electron chi connectivity index (χ3n) is 2.84. The zero-order valence-electron chi connectivity index (χ0n) is 12.1. The Bertz CT molecular complexity index is 636. The average molecular weight is 307 g/mol. The van der Waals surface area contributed by atoms with E-state index < -0.39 is 5.97 Å². The van der Waals surface area contributed by atoms with Crippen molar-refractivity contribution in [3.05, 3.63) is 39.8 Å². The number of thiazole rings is 1. The smallest absolute Gasteiger partial charge is 0.347 e.